The van der Waals surface area contributed by atoms with E-state index < -0.39 is 11.8 Å². The van der Waals surface area contributed by atoms with Crippen molar-refractivity contribution in [1.82, 2.24) is 4.90 Å². The van der Waals surface area contributed by atoms with Gasteiger partial charge in [-0.05, 0) is 42.8 Å². The van der Waals surface area contributed by atoms with Crippen LogP contribution in [0.5, 0.6) is 0 Å². The third kappa shape index (κ3) is 4.08. The van der Waals surface area contributed by atoms with Gasteiger partial charge in [0.25, 0.3) is 0 Å². The number of carbonyl (C=O) groups excluding carboxylic acids is 2. The highest BCUT2D eigenvalue weighted by Gasteiger charge is 2.26. The van der Waals surface area contributed by atoms with Gasteiger partial charge in [-0.2, -0.15) is 0 Å². The zero-order valence-electron chi connectivity index (χ0n) is 14.5. The van der Waals surface area contributed by atoms with Crippen molar-refractivity contribution < 1.29 is 9.59 Å². The van der Waals surface area contributed by atoms with E-state index in [1.54, 1.807) is 17.0 Å². The van der Waals surface area contributed by atoms with E-state index in [2.05, 4.69) is 10.2 Å². The Hall–Kier alpha value is -2.73. The highest BCUT2D eigenvalue weighted by molar-refractivity contribution is 6.39. The summed E-state index contributed by atoms with van der Waals surface area (Å²) in [6.07, 6.45) is 0. The van der Waals surface area contributed by atoms with Crippen molar-refractivity contribution in [2.45, 2.75) is 6.92 Å². The number of aryl methyl sites for hydroxylation is 1. The van der Waals surface area contributed by atoms with Gasteiger partial charge in [-0.25, -0.2) is 0 Å². The second kappa shape index (κ2) is 7.66. The average molecular weight is 373 g/mol. The average Bonchev–Trinajstić information content (AvgIpc) is 2.64. The molecule has 0 unspecified atom stereocenters. The molecule has 0 saturated carbocycles. The first-order valence-electron chi connectivity index (χ1n) is 8.41. The summed E-state index contributed by atoms with van der Waals surface area (Å²) in [6.45, 7) is 4.13. The van der Waals surface area contributed by atoms with Crippen LogP contribution in [0.2, 0.25) is 5.02 Å². The quantitative estimate of drug-likeness (QED) is 0.627. The lowest BCUT2D eigenvalue weighted by Gasteiger charge is -2.35. The Labute approximate surface area is 157 Å². The number of rotatable bonds is 2. The first kappa shape index (κ1) is 18.1. The van der Waals surface area contributed by atoms with Gasteiger partial charge in [0.2, 0.25) is 0 Å². The molecule has 2 aromatic rings. The number of halogens is 1. The predicted molar refractivity (Wildman–Crippen MR) is 104 cm³/mol. The molecule has 2 aromatic carbocycles. The van der Waals surface area contributed by atoms with E-state index in [-0.39, 0.29) is 0 Å². The van der Waals surface area contributed by atoms with Crippen molar-refractivity contribution >= 4 is 40.5 Å². The van der Waals surface area contributed by atoms with E-state index in [9.17, 15) is 9.59 Å². The number of anilines is 3. The lowest BCUT2D eigenvalue weighted by atomic mass is 10.2. The highest BCUT2D eigenvalue weighted by Crippen LogP contribution is 2.22. The number of nitrogens with zero attached hydrogens (tertiary/aromatic N) is 2. The van der Waals surface area contributed by atoms with Crippen LogP contribution >= 0.6 is 11.6 Å². The van der Waals surface area contributed by atoms with Gasteiger partial charge in [-0.15, -0.1) is 0 Å². The van der Waals surface area contributed by atoms with Crippen LogP contribution in [0.1, 0.15) is 5.56 Å². The molecule has 7 heteroatoms. The molecule has 3 N–H and O–H groups in total. The first-order chi connectivity index (χ1) is 12.4. The Morgan fingerprint density at radius 1 is 1.08 bits per heavy atom. The number of carbonyl (C=O) groups is 2. The Morgan fingerprint density at radius 3 is 2.50 bits per heavy atom. The van der Waals surface area contributed by atoms with Crippen LogP contribution in [0, 0.1) is 6.92 Å². The van der Waals surface area contributed by atoms with Gasteiger partial charge in [-0.1, -0.05) is 23.7 Å². The van der Waals surface area contributed by atoms with Gasteiger partial charge in [0.05, 0.1) is 11.4 Å². The molecule has 1 aliphatic rings. The van der Waals surface area contributed by atoms with Crippen LogP contribution in [-0.2, 0) is 9.59 Å². The zero-order valence-corrected chi connectivity index (χ0v) is 15.3. The summed E-state index contributed by atoms with van der Waals surface area (Å²) < 4.78 is 0. The summed E-state index contributed by atoms with van der Waals surface area (Å²) >= 11 is 6.03. The maximum Gasteiger partial charge on any atom is 0.313 e. The van der Waals surface area contributed by atoms with Crippen LogP contribution in [0.4, 0.5) is 17.1 Å². The Bertz CT molecular complexity index is 832. The molecular weight excluding hydrogens is 352 g/mol. The second-order valence-electron chi connectivity index (χ2n) is 6.30. The molecule has 1 heterocycles. The van der Waals surface area contributed by atoms with Crippen LogP contribution in [0.3, 0.4) is 0 Å². The SMILES string of the molecule is Cc1ccc(N)c(NC(=O)C(=O)N2CCN(c3cccc(Cl)c3)CC2)c1. The van der Waals surface area contributed by atoms with Gasteiger partial charge in [0.1, 0.15) is 0 Å². The molecule has 0 aliphatic carbocycles. The monoisotopic (exact) mass is 372 g/mol. The molecule has 2 amide bonds. The van der Waals surface area contributed by atoms with Crippen LogP contribution in [0.25, 0.3) is 0 Å². The van der Waals surface area contributed by atoms with Gasteiger partial charge in [-0.3, -0.25) is 9.59 Å². The van der Waals surface area contributed by atoms with Crippen molar-refractivity contribution in [1.29, 1.82) is 0 Å². The van der Waals surface area contributed by atoms with Gasteiger partial charge >= 0.3 is 11.8 Å². The van der Waals surface area contributed by atoms with Gasteiger partial charge in [0, 0.05) is 36.9 Å². The number of hydrogen-bond donors (Lipinski definition) is 2. The third-order valence-electron chi connectivity index (χ3n) is 4.39. The minimum Gasteiger partial charge on any atom is -0.397 e. The normalized spacial score (nSPS) is 14.2. The minimum absolute atomic E-state index is 0.433. The summed E-state index contributed by atoms with van der Waals surface area (Å²) in [6, 6.07) is 12.9. The zero-order chi connectivity index (χ0) is 18.7. The molecule has 0 bridgehead atoms. The summed E-state index contributed by atoms with van der Waals surface area (Å²) in [7, 11) is 0. The molecule has 0 aromatic heterocycles. The number of amides is 2. The molecule has 0 radical (unpaired) electrons. The lowest BCUT2D eigenvalue weighted by Crippen LogP contribution is -2.51. The van der Waals surface area contributed by atoms with E-state index in [4.69, 9.17) is 17.3 Å². The molecule has 6 nitrogen and oxygen atoms in total. The number of nitrogens with two attached hydrogens (primary N) is 1. The molecule has 1 aliphatic heterocycles. The van der Waals surface area contributed by atoms with Crippen molar-refractivity contribution in [3.63, 3.8) is 0 Å². The largest absolute Gasteiger partial charge is 0.397 e. The molecule has 1 fully saturated rings. The summed E-state index contributed by atoms with van der Waals surface area (Å²) in [5.74, 6) is -1.21. The Morgan fingerprint density at radius 2 is 1.81 bits per heavy atom. The number of piperazine rings is 1. The van der Waals surface area contributed by atoms with E-state index >= 15 is 0 Å². The second-order valence-corrected chi connectivity index (χ2v) is 6.74. The molecule has 1 saturated heterocycles. The van der Waals surface area contributed by atoms with E-state index in [1.165, 1.54) is 0 Å². The van der Waals surface area contributed by atoms with Gasteiger partial charge < -0.3 is 20.9 Å². The van der Waals surface area contributed by atoms with Crippen molar-refractivity contribution in [3.8, 4) is 0 Å². The Kier molecular flexibility index (Phi) is 5.32. The molecule has 0 spiro atoms. The molecular formula is C19H21ClN4O2. The number of hydrogen-bond acceptors (Lipinski definition) is 4. The van der Waals surface area contributed by atoms with Gasteiger partial charge in [0.15, 0.2) is 0 Å². The smallest absolute Gasteiger partial charge is 0.313 e. The standard InChI is InChI=1S/C19H21ClN4O2/c1-13-5-6-16(21)17(11-13)22-18(25)19(26)24-9-7-23(8-10-24)15-4-2-3-14(20)12-15/h2-6,11-12H,7-10,21H2,1H3,(H,22,25). The molecule has 0 atom stereocenters. The van der Waals surface area contributed by atoms with Crippen molar-refractivity contribution in [3.05, 3.63) is 53.1 Å². The fraction of sp³-hybridized carbons (Fsp3) is 0.263. The Balaban J connectivity index is 1.59. The van der Waals surface area contributed by atoms with Crippen LogP contribution in [-0.4, -0.2) is 42.9 Å². The lowest BCUT2D eigenvalue weighted by molar-refractivity contribution is -0.143. The fourth-order valence-electron chi connectivity index (χ4n) is 2.94. The van der Waals surface area contributed by atoms with Crippen molar-refractivity contribution in [2.75, 3.05) is 42.1 Å². The van der Waals surface area contributed by atoms with E-state index in [0.29, 0.717) is 42.6 Å². The summed E-state index contributed by atoms with van der Waals surface area (Å²) in [5.41, 5.74) is 8.72. The molecule has 26 heavy (non-hydrogen) atoms. The van der Waals surface area contributed by atoms with Crippen LogP contribution in [0.15, 0.2) is 42.5 Å². The number of nitrogens with one attached hydrogen (secondary N) is 1. The maximum absolute atomic E-state index is 12.4. The number of nitrogen functional groups attached to an aromatic ring is 1. The fourth-order valence-corrected chi connectivity index (χ4v) is 3.12. The highest BCUT2D eigenvalue weighted by atomic mass is 35.5. The maximum atomic E-state index is 12.4. The van der Waals surface area contributed by atoms with E-state index in [0.717, 1.165) is 11.3 Å². The minimum atomic E-state index is -0.668. The predicted octanol–water partition coefficient (Wildman–Crippen LogP) is 2.52. The van der Waals surface area contributed by atoms with Crippen molar-refractivity contribution in [2.24, 2.45) is 0 Å². The molecule has 3 rings (SSSR count). The topological polar surface area (TPSA) is 78.7 Å². The third-order valence-corrected chi connectivity index (χ3v) is 4.63. The van der Waals surface area contributed by atoms with Crippen LogP contribution < -0.4 is 16.0 Å². The summed E-state index contributed by atoms with van der Waals surface area (Å²) in [5, 5.41) is 3.29. The number of benzene rings is 2. The molecule has 136 valence electrons. The summed E-state index contributed by atoms with van der Waals surface area (Å²) in [4.78, 5) is 28.4. The van der Waals surface area contributed by atoms with E-state index in [1.807, 2.05) is 37.3 Å². The first-order valence-corrected chi connectivity index (χ1v) is 8.79.